The van der Waals surface area contributed by atoms with E-state index < -0.39 is 18.4 Å². The zero-order valence-corrected chi connectivity index (χ0v) is 12.2. The Kier molecular flexibility index (Phi) is 5.45. The zero-order chi connectivity index (χ0) is 16.8. The van der Waals surface area contributed by atoms with Gasteiger partial charge in [0.05, 0.1) is 12.8 Å². The second-order valence-electron chi connectivity index (χ2n) is 4.50. The van der Waals surface area contributed by atoms with Gasteiger partial charge in [-0.2, -0.15) is 8.78 Å². The van der Waals surface area contributed by atoms with Crippen LogP contribution in [-0.4, -0.2) is 29.2 Å². The maximum absolute atomic E-state index is 13.1. The molecule has 0 atom stereocenters. The number of rotatable bonds is 6. The van der Waals surface area contributed by atoms with Crippen LogP contribution in [0.2, 0.25) is 0 Å². The number of hydrogen-bond acceptors (Lipinski definition) is 3. The van der Waals surface area contributed by atoms with E-state index in [1.165, 1.54) is 31.6 Å². The Morgan fingerprint density at radius 1 is 1.43 bits per heavy atom. The first-order valence-corrected chi connectivity index (χ1v) is 6.69. The number of alkyl halides is 2. The molecule has 0 aliphatic carbocycles. The van der Waals surface area contributed by atoms with Gasteiger partial charge in [-0.1, -0.05) is 0 Å². The average molecular weight is 328 g/mol. The van der Waals surface area contributed by atoms with E-state index in [0.29, 0.717) is 5.69 Å². The van der Waals surface area contributed by atoms with Gasteiger partial charge in [0, 0.05) is 31.4 Å². The van der Waals surface area contributed by atoms with E-state index in [-0.39, 0.29) is 24.5 Å². The lowest BCUT2D eigenvalue weighted by Crippen LogP contribution is -2.31. The van der Waals surface area contributed by atoms with Crippen LogP contribution in [0.3, 0.4) is 0 Å². The van der Waals surface area contributed by atoms with Gasteiger partial charge in [-0.25, -0.2) is 14.2 Å². The molecular weight excluding hydrogens is 313 g/mol. The van der Waals surface area contributed by atoms with E-state index in [9.17, 15) is 18.0 Å². The molecule has 0 aliphatic rings. The normalized spacial score (nSPS) is 10.7. The summed E-state index contributed by atoms with van der Waals surface area (Å²) in [4.78, 5) is 15.6. The molecular formula is C14H15F3N4O2. The van der Waals surface area contributed by atoms with Crippen molar-refractivity contribution < 1.29 is 22.7 Å². The molecule has 1 aromatic heterocycles. The number of urea groups is 1. The van der Waals surface area contributed by atoms with Crippen LogP contribution in [0.4, 0.5) is 23.7 Å². The molecule has 0 saturated heterocycles. The van der Waals surface area contributed by atoms with Crippen LogP contribution < -0.4 is 15.4 Å². The molecule has 2 N–H and O–H groups in total. The third-order valence-electron chi connectivity index (χ3n) is 3.01. The highest BCUT2D eigenvalue weighted by Gasteiger charge is 2.12. The van der Waals surface area contributed by atoms with Gasteiger partial charge in [0.2, 0.25) is 0 Å². The van der Waals surface area contributed by atoms with Gasteiger partial charge in [-0.3, -0.25) is 4.57 Å². The van der Waals surface area contributed by atoms with Crippen molar-refractivity contribution >= 4 is 11.7 Å². The van der Waals surface area contributed by atoms with Crippen LogP contribution in [0.25, 0.3) is 0 Å². The number of hydrogen-bond donors (Lipinski definition) is 2. The van der Waals surface area contributed by atoms with Gasteiger partial charge in [-0.05, 0) is 12.1 Å². The number of methoxy groups -OCH3 is 1. The van der Waals surface area contributed by atoms with Gasteiger partial charge in [0.15, 0.2) is 0 Å². The first kappa shape index (κ1) is 16.7. The molecule has 2 aromatic rings. The molecule has 0 saturated carbocycles. The Morgan fingerprint density at radius 2 is 2.22 bits per heavy atom. The Bertz CT molecular complexity index is 676. The minimum absolute atomic E-state index is 0.110. The lowest BCUT2D eigenvalue weighted by molar-refractivity contribution is 0.0670. The van der Waals surface area contributed by atoms with E-state index in [0.717, 1.165) is 10.6 Å². The second-order valence-corrected chi connectivity index (χ2v) is 4.50. The Morgan fingerprint density at radius 3 is 2.91 bits per heavy atom. The Labute approximate surface area is 130 Å². The highest BCUT2D eigenvalue weighted by molar-refractivity contribution is 5.90. The van der Waals surface area contributed by atoms with Crippen molar-refractivity contribution in [1.82, 2.24) is 14.9 Å². The summed E-state index contributed by atoms with van der Waals surface area (Å²) in [6.45, 7) is -2.57. The fourth-order valence-electron chi connectivity index (χ4n) is 1.94. The number of ether oxygens (including phenoxy) is 1. The summed E-state index contributed by atoms with van der Waals surface area (Å²) >= 11 is 0. The highest BCUT2D eigenvalue weighted by Crippen LogP contribution is 2.24. The van der Waals surface area contributed by atoms with Crippen molar-refractivity contribution in [3.8, 4) is 5.75 Å². The predicted molar refractivity (Wildman–Crippen MR) is 77.2 cm³/mol. The summed E-state index contributed by atoms with van der Waals surface area (Å²) in [5.74, 6) is -0.153. The molecule has 2 rings (SSSR count). The number of carbonyl (C=O) groups excluding carboxylic acids is 1. The zero-order valence-electron chi connectivity index (χ0n) is 12.2. The summed E-state index contributed by atoms with van der Waals surface area (Å²) < 4.78 is 44.0. The standard InChI is InChI=1S/C14H15F3N4O2/c1-23-11-8-9(15)2-3-10(11)20-14(22)19-5-4-12-18-6-7-21(12)13(16)17/h2-3,6-8,13H,4-5H2,1H3,(H2,19,20,22). The van der Waals surface area contributed by atoms with Gasteiger partial charge in [-0.15, -0.1) is 0 Å². The Balaban J connectivity index is 1.87. The molecule has 0 unspecified atom stereocenters. The molecule has 0 fully saturated rings. The van der Waals surface area contributed by atoms with E-state index in [4.69, 9.17) is 4.74 Å². The minimum Gasteiger partial charge on any atom is -0.494 e. The number of imidazole rings is 1. The third-order valence-corrected chi connectivity index (χ3v) is 3.01. The largest absolute Gasteiger partial charge is 0.494 e. The maximum Gasteiger partial charge on any atom is 0.319 e. The van der Waals surface area contributed by atoms with E-state index >= 15 is 0 Å². The number of nitrogens with one attached hydrogen (secondary N) is 2. The quantitative estimate of drug-likeness (QED) is 0.857. The smallest absolute Gasteiger partial charge is 0.319 e. The minimum atomic E-state index is -2.68. The number of aromatic nitrogens is 2. The number of amides is 2. The predicted octanol–water partition coefficient (Wildman–Crippen LogP) is 2.79. The molecule has 0 bridgehead atoms. The molecule has 124 valence electrons. The van der Waals surface area contributed by atoms with Gasteiger partial charge >= 0.3 is 12.6 Å². The first-order valence-electron chi connectivity index (χ1n) is 6.69. The maximum atomic E-state index is 13.1. The molecule has 1 heterocycles. The number of carbonyl (C=O) groups is 1. The molecule has 0 aliphatic heterocycles. The van der Waals surface area contributed by atoms with E-state index in [2.05, 4.69) is 15.6 Å². The molecule has 6 nitrogen and oxygen atoms in total. The second kappa shape index (κ2) is 7.52. The molecule has 23 heavy (non-hydrogen) atoms. The molecule has 0 radical (unpaired) electrons. The SMILES string of the molecule is COc1cc(F)ccc1NC(=O)NCCc1nccn1C(F)F. The summed E-state index contributed by atoms with van der Waals surface area (Å²) in [7, 11) is 1.35. The number of nitrogens with zero attached hydrogens (tertiary/aromatic N) is 2. The van der Waals surface area contributed by atoms with Crippen molar-refractivity contribution in [3.63, 3.8) is 0 Å². The first-order chi connectivity index (χ1) is 11.0. The summed E-state index contributed by atoms with van der Waals surface area (Å²) in [5, 5.41) is 4.99. The van der Waals surface area contributed by atoms with Gasteiger partial charge in [0.25, 0.3) is 0 Å². The number of halogens is 3. The monoisotopic (exact) mass is 328 g/mol. The number of benzene rings is 1. The van der Waals surface area contributed by atoms with E-state index in [1.54, 1.807) is 0 Å². The van der Waals surface area contributed by atoms with Crippen LogP contribution in [-0.2, 0) is 6.42 Å². The highest BCUT2D eigenvalue weighted by atomic mass is 19.3. The van der Waals surface area contributed by atoms with Gasteiger partial charge < -0.3 is 15.4 Å². The molecule has 2 amide bonds. The summed E-state index contributed by atoms with van der Waals surface area (Å²) in [6.07, 6.45) is 2.58. The van der Waals surface area contributed by atoms with Crippen LogP contribution in [0.5, 0.6) is 5.75 Å². The summed E-state index contributed by atoms with van der Waals surface area (Å²) in [5.41, 5.74) is 0.292. The van der Waals surface area contributed by atoms with Crippen LogP contribution in [0.1, 0.15) is 12.4 Å². The lowest BCUT2D eigenvalue weighted by atomic mass is 10.3. The molecule has 0 spiro atoms. The summed E-state index contributed by atoms with van der Waals surface area (Å²) in [6, 6.07) is 3.11. The van der Waals surface area contributed by atoms with E-state index in [1.807, 2.05) is 0 Å². The van der Waals surface area contributed by atoms with Crippen LogP contribution in [0, 0.1) is 5.82 Å². The van der Waals surface area contributed by atoms with Crippen molar-refractivity contribution in [2.24, 2.45) is 0 Å². The van der Waals surface area contributed by atoms with Crippen molar-refractivity contribution in [2.75, 3.05) is 19.0 Å². The van der Waals surface area contributed by atoms with Crippen LogP contribution in [0.15, 0.2) is 30.6 Å². The topological polar surface area (TPSA) is 68.2 Å². The Hall–Kier alpha value is -2.71. The average Bonchev–Trinajstić information content (AvgIpc) is 2.97. The lowest BCUT2D eigenvalue weighted by Gasteiger charge is -2.11. The fraction of sp³-hybridized carbons (Fsp3) is 0.286. The molecule has 9 heteroatoms. The molecule has 1 aromatic carbocycles. The fourth-order valence-corrected chi connectivity index (χ4v) is 1.94. The number of anilines is 1. The van der Waals surface area contributed by atoms with Crippen molar-refractivity contribution in [3.05, 3.63) is 42.2 Å². The van der Waals surface area contributed by atoms with Gasteiger partial charge in [0.1, 0.15) is 17.4 Å². The van der Waals surface area contributed by atoms with Crippen molar-refractivity contribution in [1.29, 1.82) is 0 Å². The van der Waals surface area contributed by atoms with Crippen LogP contribution >= 0.6 is 0 Å². The van der Waals surface area contributed by atoms with Crippen molar-refractivity contribution in [2.45, 2.75) is 13.0 Å². The third kappa shape index (κ3) is 4.38.